The van der Waals surface area contributed by atoms with Gasteiger partial charge in [-0.15, -0.1) is 0 Å². The van der Waals surface area contributed by atoms with E-state index in [0.29, 0.717) is 16.2 Å². The Morgan fingerprint density at radius 3 is 2.36 bits per heavy atom. The van der Waals surface area contributed by atoms with Crippen LogP contribution in [0.1, 0.15) is 38.2 Å². The lowest BCUT2D eigenvalue weighted by molar-refractivity contribution is 0.377. The summed E-state index contributed by atoms with van der Waals surface area (Å²) in [5.74, 6) is 0.611. The summed E-state index contributed by atoms with van der Waals surface area (Å²) in [4.78, 5) is 0.583. The minimum atomic E-state index is 0.428. The van der Waals surface area contributed by atoms with Crippen molar-refractivity contribution in [2.75, 3.05) is 0 Å². The maximum absolute atomic E-state index is 3.95. The van der Waals surface area contributed by atoms with Crippen LogP contribution in [-0.4, -0.2) is 4.83 Å². The van der Waals surface area contributed by atoms with E-state index in [4.69, 9.17) is 0 Å². The second-order valence-corrected chi connectivity index (χ2v) is 8.60. The molecule has 0 aliphatic heterocycles. The van der Waals surface area contributed by atoms with Gasteiger partial charge in [-0.05, 0) is 51.3 Å². The Labute approximate surface area is 140 Å². The highest BCUT2D eigenvalue weighted by Crippen LogP contribution is 2.50. The van der Waals surface area contributed by atoms with E-state index in [2.05, 4.69) is 84.4 Å². The zero-order chi connectivity index (χ0) is 15.3. The van der Waals surface area contributed by atoms with Crippen LogP contribution in [0.4, 0.5) is 0 Å². The highest BCUT2D eigenvalue weighted by Gasteiger charge is 2.39. The van der Waals surface area contributed by atoms with E-state index < -0.39 is 0 Å². The van der Waals surface area contributed by atoms with Crippen LogP contribution in [0.5, 0.6) is 0 Å². The van der Waals surface area contributed by atoms with Crippen molar-refractivity contribution < 1.29 is 0 Å². The number of benzene rings is 3. The lowest BCUT2D eigenvalue weighted by Crippen LogP contribution is -2.05. The molecule has 0 radical (unpaired) electrons. The molecule has 2 atom stereocenters. The van der Waals surface area contributed by atoms with Gasteiger partial charge >= 0.3 is 0 Å². The van der Waals surface area contributed by atoms with Crippen LogP contribution in [0, 0.1) is 5.41 Å². The lowest BCUT2D eigenvalue weighted by atomic mass is 9.86. The SMILES string of the molecule is CC1(C)CC(Br)C(c2cccc3c2ccc2ccccc23)C1. The summed E-state index contributed by atoms with van der Waals surface area (Å²) in [5, 5.41) is 5.51. The van der Waals surface area contributed by atoms with Gasteiger partial charge < -0.3 is 0 Å². The fraction of sp³-hybridized carbons (Fsp3) is 0.333. The van der Waals surface area contributed by atoms with Gasteiger partial charge in [0.1, 0.15) is 0 Å². The Morgan fingerprint density at radius 2 is 1.59 bits per heavy atom. The molecule has 0 heterocycles. The van der Waals surface area contributed by atoms with Gasteiger partial charge in [-0.2, -0.15) is 0 Å². The zero-order valence-electron chi connectivity index (χ0n) is 13.1. The monoisotopic (exact) mass is 352 g/mol. The minimum absolute atomic E-state index is 0.428. The number of hydrogen-bond acceptors (Lipinski definition) is 0. The molecule has 0 nitrogen and oxygen atoms in total. The second-order valence-electron chi connectivity index (χ2n) is 7.42. The normalized spacial score (nSPS) is 24.1. The standard InChI is InChI=1S/C21H21Br/c1-21(2)12-19(20(22)13-21)17-9-5-8-16-15-7-4-3-6-14(15)10-11-18(16)17/h3-11,19-20H,12-13H2,1-2H3. The van der Waals surface area contributed by atoms with Crippen LogP contribution in [0.3, 0.4) is 0 Å². The number of alkyl halides is 1. The Balaban J connectivity index is 1.94. The van der Waals surface area contributed by atoms with Crippen molar-refractivity contribution in [3.8, 4) is 0 Å². The summed E-state index contributed by atoms with van der Waals surface area (Å²) >= 11 is 3.95. The molecule has 0 aromatic heterocycles. The van der Waals surface area contributed by atoms with E-state index in [1.807, 2.05) is 0 Å². The molecule has 22 heavy (non-hydrogen) atoms. The van der Waals surface area contributed by atoms with E-state index in [9.17, 15) is 0 Å². The third-order valence-corrected chi connectivity index (χ3v) is 6.14. The fourth-order valence-electron chi connectivity index (χ4n) is 4.17. The van der Waals surface area contributed by atoms with E-state index in [1.54, 1.807) is 0 Å². The summed E-state index contributed by atoms with van der Waals surface area (Å²) < 4.78 is 0. The smallest absolute Gasteiger partial charge is 0.0220 e. The Kier molecular flexibility index (Phi) is 3.30. The first-order valence-corrected chi connectivity index (χ1v) is 9.01. The molecule has 1 aliphatic rings. The molecule has 0 saturated heterocycles. The molecule has 2 unspecified atom stereocenters. The van der Waals surface area contributed by atoms with Crippen LogP contribution in [0.25, 0.3) is 21.5 Å². The van der Waals surface area contributed by atoms with Gasteiger partial charge in [0.25, 0.3) is 0 Å². The Morgan fingerprint density at radius 1 is 0.818 bits per heavy atom. The molecule has 1 heteroatoms. The van der Waals surface area contributed by atoms with Crippen LogP contribution >= 0.6 is 15.9 Å². The first-order valence-electron chi connectivity index (χ1n) is 8.10. The van der Waals surface area contributed by atoms with E-state index in [0.717, 1.165) is 0 Å². The minimum Gasteiger partial charge on any atom is -0.0884 e. The lowest BCUT2D eigenvalue weighted by Gasteiger charge is -2.19. The topological polar surface area (TPSA) is 0 Å². The molecule has 1 fully saturated rings. The highest BCUT2D eigenvalue weighted by molar-refractivity contribution is 9.09. The molecule has 0 bridgehead atoms. The van der Waals surface area contributed by atoms with E-state index >= 15 is 0 Å². The molecule has 1 saturated carbocycles. The number of rotatable bonds is 1. The van der Waals surface area contributed by atoms with E-state index in [-0.39, 0.29) is 0 Å². The van der Waals surface area contributed by atoms with Crippen molar-refractivity contribution in [1.29, 1.82) is 0 Å². The summed E-state index contributed by atoms with van der Waals surface area (Å²) in [6.45, 7) is 4.78. The predicted molar refractivity (Wildman–Crippen MR) is 99.9 cm³/mol. The molecule has 4 rings (SSSR count). The molecular formula is C21H21Br. The molecular weight excluding hydrogens is 332 g/mol. The molecule has 0 amide bonds. The molecule has 0 spiro atoms. The molecule has 1 aliphatic carbocycles. The van der Waals surface area contributed by atoms with Gasteiger partial charge in [0.05, 0.1) is 0 Å². The van der Waals surface area contributed by atoms with Gasteiger partial charge in [-0.1, -0.05) is 84.4 Å². The fourth-order valence-corrected chi connectivity index (χ4v) is 5.52. The third kappa shape index (κ3) is 2.27. The maximum Gasteiger partial charge on any atom is 0.0220 e. The van der Waals surface area contributed by atoms with Crippen LogP contribution in [-0.2, 0) is 0 Å². The highest BCUT2D eigenvalue weighted by atomic mass is 79.9. The van der Waals surface area contributed by atoms with Gasteiger partial charge in [0.2, 0.25) is 0 Å². The van der Waals surface area contributed by atoms with Crippen molar-refractivity contribution in [2.45, 2.75) is 37.4 Å². The summed E-state index contributed by atoms with van der Waals surface area (Å²) in [6, 6.07) is 20.1. The van der Waals surface area contributed by atoms with Crippen LogP contribution < -0.4 is 0 Å². The van der Waals surface area contributed by atoms with Gasteiger partial charge in [-0.3, -0.25) is 0 Å². The maximum atomic E-state index is 3.95. The number of fused-ring (bicyclic) bond motifs is 3. The summed E-state index contributed by atoms with van der Waals surface area (Å²) in [5.41, 5.74) is 1.94. The van der Waals surface area contributed by atoms with Crippen LogP contribution in [0.2, 0.25) is 0 Å². The first-order chi connectivity index (χ1) is 10.6. The average molecular weight is 353 g/mol. The van der Waals surface area contributed by atoms with Crippen molar-refractivity contribution in [1.82, 2.24) is 0 Å². The zero-order valence-corrected chi connectivity index (χ0v) is 14.7. The average Bonchev–Trinajstić information content (AvgIpc) is 2.79. The Bertz CT molecular complexity index is 847. The Hall–Kier alpha value is -1.34. The van der Waals surface area contributed by atoms with Gasteiger partial charge in [0.15, 0.2) is 0 Å². The van der Waals surface area contributed by atoms with Crippen molar-refractivity contribution in [2.24, 2.45) is 5.41 Å². The molecule has 0 N–H and O–H groups in total. The molecule has 3 aromatic carbocycles. The predicted octanol–water partition coefficient (Wildman–Crippen LogP) is 6.66. The number of halogens is 1. The summed E-state index contributed by atoms with van der Waals surface area (Å²) in [7, 11) is 0. The molecule has 3 aromatic rings. The summed E-state index contributed by atoms with van der Waals surface area (Å²) in [6.07, 6.45) is 2.51. The van der Waals surface area contributed by atoms with Crippen molar-refractivity contribution in [3.63, 3.8) is 0 Å². The number of hydrogen-bond donors (Lipinski definition) is 0. The largest absolute Gasteiger partial charge is 0.0884 e. The quantitative estimate of drug-likeness (QED) is 0.339. The van der Waals surface area contributed by atoms with Gasteiger partial charge in [-0.25, -0.2) is 0 Å². The first kappa shape index (κ1) is 14.3. The van der Waals surface area contributed by atoms with Gasteiger partial charge in [0, 0.05) is 4.83 Å². The third-order valence-electron chi connectivity index (χ3n) is 5.18. The van der Waals surface area contributed by atoms with E-state index in [1.165, 1.54) is 39.9 Å². The van der Waals surface area contributed by atoms with Crippen molar-refractivity contribution >= 4 is 37.5 Å². The molecule has 112 valence electrons. The second kappa shape index (κ2) is 5.09. The van der Waals surface area contributed by atoms with Crippen LogP contribution in [0.15, 0.2) is 54.6 Å². The van der Waals surface area contributed by atoms with Crippen molar-refractivity contribution in [3.05, 3.63) is 60.2 Å².